The number of rotatable bonds is 4. The maximum atomic E-state index is 11.0. The Morgan fingerprint density at radius 2 is 2.24 bits per heavy atom. The number of aryl methyl sites for hydroxylation is 1. The Hall–Kier alpha value is -1.67. The van der Waals surface area contributed by atoms with Crippen LogP contribution in [0, 0.1) is 5.92 Å². The number of carboxylic acid groups (broad SMARTS) is 1. The van der Waals surface area contributed by atoms with E-state index in [1.165, 1.54) is 28.6 Å². The van der Waals surface area contributed by atoms with E-state index in [0.29, 0.717) is 11.1 Å². The highest BCUT2D eigenvalue weighted by Gasteiger charge is 2.26. The van der Waals surface area contributed by atoms with Crippen molar-refractivity contribution in [1.82, 2.24) is 19.6 Å². The Bertz CT molecular complexity index is 976. The topological polar surface area (TPSA) is 80.4 Å². The lowest BCUT2D eigenvalue weighted by Crippen LogP contribution is -2.09. The van der Waals surface area contributed by atoms with Crippen LogP contribution < -0.4 is 0 Å². The van der Waals surface area contributed by atoms with Crippen LogP contribution in [0.25, 0.3) is 15.9 Å². The molecule has 3 aromatic rings. The number of hydrogen-bond acceptors (Lipinski definition) is 6. The molecule has 0 saturated carbocycles. The average molecular weight is 377 g/mol. The van der Waals surface area contributed by atoms with Crippen LogP contribution in [0.5, 0.6) is 0 Å². The largest absolute Gasteiger partial charge is 0.481 e. The first-order chi connectivity index (χ1) is 12.0. The highest BCUT2D eigenvalue weighted by atomic mass is 32.2. The number of nitrogens with zero attached hydrogens (tertiary/aromatic N) is 4. The fraction of sp³-hybridized carbons (Fsp3) is 0.529. The van der Waals surface area contributed by atoms with Gasteiger partial charge in [0, 0.05) is 10.8 Å². The molecule has 4 rings (SSSR count). The van der Waals surface area contributed by atoms with E-state index in [9.17, 15) is 4.79 Å². The monoisotopic (exact) mass is 376 g/mol. The van der Waals surface area contributed by atoms with E-state index in [2.05, 4.69) is 31.0 Å². The van der Waals surface area contributed by atoms with Gasteiger partial charge in [-0.3, -0.25) is 9.20 Å². The normalized spacial score (nSPS) is 17.5. The maximum Gasteiger partial charge on any atom is 0.313 e. The minimum absolute atomic E-state index is 0.0321. The van der Waals surface area contributed by atoms with E-state index in [4.69, 9.17) is 10.1 Å². The first-order valence-corrected chi connectivity index (χ1v) is 10.3. The van der Waals surface area contributed by atoms with Gasteiger partial charge in [0.1, 0.15) is 10.7 Å². The van der Waals surface area contributed by atoms with Crippen molar-refractivity contribution in [3.05, 3.63) is 16.3 Å². The molecule has 8 heteroatoms. The molecule has 1 aliphatic carbocycles. The SMILES string of the molecule is CC(C)c1nc2sc3c(c2c2nnc(SCC(=O)O)n12)CC[C@H](C)C3. The van der Waals surface area contributed by atoms with Gasteiger partial charge >= 0.3 is 5.97 Å². The molecule has 0 aromatic carbocycles. The number of carboxylic acids is 1. The van der Waals surface area contributed by atoms with Crippen molar-refractivity contribution >= 4 is 44.9 Å². The number of hydrogen-bond donors (Lipinski definition) is 1. The first kappa shape index (κ1) is 16.8. The Morgan fingerprint density at radius 1 is 1.44 bits per heavy atom. The maximum absolute atomic E-state index is 11.0. The van der Waals surface area contributed by atoms with Gasteiger partial charge in [-0.25, -0.2) is 4.98 Å². The molecule has 0 spiro atoms. The summed E-state index contributed by atoms with van der Waals surface area (Å²) in [7, 11) is 0. The summed E-state index contributed by atoms with van der Waals surface area (Å²) in [6, 6.07) is 0. The lowest BCUT2D eigenvalue weighted by molar-refractivity contribution is -0.133. The van der Waals surface area contributed by atoms with E-state index in [0.717, 1.165) is 34.5 Å². The van der Waals surface area contributed by atoms with Gasteiger partial charge in [0.25, 0.3) is 0 Å². The number of thioether (sulfide) groups is 1. The van der Waals surface area contributed by atoms with Gasteiger partial charge in [-0.1, -0.05) is 32.5 Å². The van der Waals surface area contributed by atoms with Gasteiger partial charge in [-0.15, -0.1) is 21.5 Å². The molecular weight excluding hydrogens is 356 g/mol. The molecule has 0 radical (unpaired) electrons. The lowest BCUT2D eigenvalue weighted by Gasteiger charge is -2.17. The summed E-state index contributed by atoms with van der Waals surface area (Å²) in [4.78, 5) is 18.3. The summed E-state index contributed by atoms with van der Waals surface area (Å²) in [5, 5.41) is 19.4. The third kappa shape index (κ3) is 2.81. The zero-order valence-electron chi connectivity index (χ0n) is 14.4. The fourth-order valence-corrected chi connectivity index (χ4v) is 5.49. The highest BCUT2D eigenvalue weighted by Crippen LogP contribution is 2.40. The van der Waals surface area contributed by atoms with Gasteiger partial charge in [0.05, 0.1) is 11.1 Å². The first-order valence-electron chi connectivity index (χ1n) is 8.49. The molecule has 0 bridgehead atoms. The molecule has 1 N–H and O–H groups in total. The van der Waals surface area contributed by atoms with Gasteiger partial charge in [0.2, 0.25) is 0 Å². The van der Waals surface area contributed by atoms with Crippen LogP contribution in [0.2, 0.25) is 0 Å². The minimum atomic E-state index is -0.858. The summed E-state index contributed by atoms with van der Waals surface area (Å²) < 4.78 is 1.96. The highest BCUT2D eigenvalue weighted by molar-refractivity contribution is 7.99. The fourth-order valence-electron chi connectivity index (χ4n) is 3.45. The van der Waals surface area contributed by atoms with Crippen LogP contribution >= 0.6 is 23.1 Å². The number of aromatic nitrogens is 4. The molecule has 0 aliphatic heterocycles. The summed E-state index contributed by atoms with van der Waals surface area (Å²) >= 11 is 2.98. The number of carbonyl (C=O) groups is 1. The second-order valence-electron chi connectivity index (χ2n) is 6.98. The smallest absolute Gasteiger partial charge is 0.313 e. The van der Waals surface area contributed by atoms with Crippen molar-refractivity contribution in [3.63, 3.8) is 0 Å². The lowest BCUT2D eigenvalue weighted by atomic mass is 9.89. The van der Waals surface area contributed by atoms with E-state index in [-0.39, 0.29) is 11.7 Å². The van der Waals surface area contributed by atoms with Crippen LogP contribution in [-0.4, -0.2) is 36.4 Å². The van der Waals surface area contributed by atoms with Crippen molar-refractivity contribution in [2.75, 3.05) is 5.75 Å². The van der Waals surface area contributed by atoms with Crippen molar-refractivity contribution in [2.24, 2.45) is 5.92 Å². The van der Waals surface area contributed by atoms with E-state index in [1.54, 1.807) is 11.3 Å². The van der Waals surface area contributed by atoms with Gasteiger partial charge in [-0.05, 0) is 30.7 Å². The van der Waals surface area contributed by atoms with E-state index >= 15 is 0 Å². The molecule has 132 valence electrons. The second-order valence-corrected chi connectivity index (χ2v) is 9.01. The summed E-state index contributed by atoms with van der Waals surface area (Å²) in [5.74, 6) is 0.914. The molecule has 3 aromatic heterocycles. The molecule has 0 fully saturated rings. The van der Waals surface area contributed by atoms with Crippen LogP contribution in [0.3, 0.4) is 0 Å². The third-order valence-corrected chi connectivity index (χ3v) is 6.70. The number of aliphatic carboxylic acids is 1. The van der Waals surface area contributed by atoms with Crippen LogP contribution in [0.15, 0.2) is 5.16 Å². The van der Waals surface area contributed by atoms with Crippen molar-refractivity contribution in [3.8, 4) is 0 Å². The molecule has 3 heterocycles. The Kier molecular flexibility index (Phi) is 4.19. The van der Waals surface area contributed by atoms with Crippen LogP contribution in [0.1, 0.15) is 49.4 Å². The molecule has 1 atom stereocenters. The van der Waals surface area contributed by atoms with Gasteiger partial charge in [-0.2, -0.15) is 0 Å². The van der Waals surface area contributed by atoms with Crippen LogP contribution in [0.4, 0.5) is 0 Å². The van der Waals surface area contributed by atoms with Crippen LogP contribution in [-0.2, 0) is 17.6 Å². The molecular formula is C17H20N4O2S2. The Morgan fingerprint density at radius 3 is 2.96 bits per heavy atom. The third-order valence-electron chi connectivity index (χ3n) is 4.64. The van der Waals surface area contributed by atoms with Gasteiger partial charge < -0.3 is 5.11 Å². The molecule has 25 heavy (non-hydrogen) atoms. The van der Waals surface area contributed by atoms with E-state index in [1.807, 2.05) is 4.40 Å². The van der Waals surface area contributed by atoms with Crippen molar-refractivity contribution in [1.29, 1.82) is 0 Å². The molecule has 0 saturated heterocycles. The molecule has 6 nitrogen and oxygen atoms in total. The van der Waals surface area contributed by atoms with E-state index < -0.39 is 5.97 Å². The quantitative estimate of drug-likeness (QED) is 0.698. The Balaban J connectivity index is 1.97. The average Bonchev–Trinajstić information content (AvgIpc) is 3.11. The van der Waals surface area contributed by atoms with Crippen molar-refractivity contribution < 1.29 is 9.90 Å². The second kappa shape index (κ2) is 6.25. The minimum Gasteiger partial charge on any atom is -0.481 e. The molecule has 0 amide bonds. The van der Waals surface area contributed by atoms with Gasteiger partial charge in [0.15, 0.2) is 10.8 Å². The predicted molar refractivity (Wildman–Crippen MR) is 99.8 cm³/mol. The van der Waals surface area contributed by atoms with Crippen molar-refractivity contribution in [2.45, 2.75) is 51.1 Å². The number of fused-ring (bicyclic) bond motifs is 5. The zero-order chi connectivity index (χ0) is 17.7. The summed E-state index contributed by atoms with van der Waals surface area (Å²) in [5.41, 5.74) is 2.20. The Labute approximate surface area is 153 Å². The molecule has 1 aliphatic rings. The standard InChI is InChI=1S/C17H20N4O2S2/c1-8(2)14-18-16-13(10-5-4-9(3)6-11(10)25-16)15-19-20-17(21(14)15)24-7-12(22)23/h8-9H,4-7H2,1-3H3,(H,22,23)/t9-/m0/s1. The number of thiophene rings is 1. The predicted octanol–water partition coefficient (Wildman–Crippen LogP) is 3.76. The summed E-state index contributed by atoms with van der Waals surface area (Å²) in [6.45, 7) is 6.48. The molecule has 0 unspecified atom stereocenters. The summed E-state index contributed by atoms with van der Waals surface area (Å²) in [6.07, 6.45) is 3.35. The zero-order valence-corrected chi connectivity index (χ0v) is 16.1.